The zero-order valence-electron chi connectivity index (χ0n) is 11.0. The molecule has 0 aliphatic rings. The Kier molecular flexibility index (Phi) is 5.06. The van der Waals surface area contributed by atoms with Crippen LogP contribution in [-0.4, -0.2) is 7.05 Å². The first-order chi connectivity index (χ1) is 9.82. The second-order valence-corrected chi connectivity index (χ2v) is 6.32. The summed E-state index contributed by atoms with van der Waals surface area (Å²) in [5.74, 6) is -0.677. The number of likely N-dealkylation sites (N-methyl/N-ethyl adjacent to an activating group) is 1. The Balaban J connectivity index is 2.42. The van der Waals surface area contributed by atoms with E-state index in [-0.39, 0.29) is 5.56 Å². The summed E-state index contributed by atoms with van der Waals surface area (Å²) in [6, 6.07) is 3.79. The van der Waals surface area contributed by atoms with Gasteiger partial charge in [-0.3, -0.25) is 0 Å². The van der Waals surface area contributed by atoms with E-state index in [4.69, 9.17) is 0 Å². The quantitative estimate of drug-likeness (QED) is 0.720. The summed E-state index contributed by atoms with van der Waals surface area (Å²) in [6.07, 6.45) is -4.16. The Hall–Kier alpha value is -0.920. The van der Waals surface area contributed by atoms with Gasteiger partial charge in [0.15, 0.2) is 0 Å². The van der Waals surface area contributed by atoms with Crippen molar-refractivity contribution in [2.24, 2.45) is 0 Å². The molecule has 1 N–H and O–H groups in total. The van der Waals surface area contributed by atoms with Crippen molar-refractivity contribution in [3.05, 3.63) is 55.9 Å². The molecule has 0 amide bonds. The van der Waals surface area contributed by atoms with Gasteiger partial charge in [-0.25, -0.2) is 4.39 Å². The summed E-state index contributed by atoms with van der Waals surface area (Å²) >= 11 is 4.80. The molecule has 2 aromatic rings. The molecule has 2 rings (SSSR count). The van der Waals surface area contributed by atoms with E-state index in [2.05, 4.69) is 21.2 Å². The zero-order chi connectivity index (χ0) is 15.6. The molecule has 0 saturated carbocycles. The molecule has 0 saturated heterocycles. The van der Waals surface area contributed by atoms with Crippen LogP contribution in [0.4, 0.5) is 17.6 Å². The number of hydrogen-bond donors (Lipinski definition) is 1. The fourth-order valence-electron chi connectivity index (χ4n) is 2.10. The highest BCUT2D eigenvalue weighted by Gasteiger charge is 2.35. The first kappa shape index (κ1) is 16.5. The molecule has 0 aliphatic carbocycles. The maximum Gasteiger partial charge on any atom is 0.416 e. The number of thiophene rings is 1. The van der Waals surface area contributed by atoms with Crippen LogP contribution in [0.3, 0.4) is 0 Å². The predicted octanol–water partition coefficient (Wildman–Crippen LogP) is 5.17. The molecule has 114 valence electrons. The van der Waals surface area contributed by atoms with Crippen LogP contribution in [0.1, 0.15) is 22.0 Å². The van der Waals surface area contributed by atoms with Gasteiger partial charge in [-0.15, -0.1) is 11.3 Å². The van der Waals surface area contributed by atoms with Crippen molar-refractivity contribution < 1.29 is 17.6 Å². The molecule has 1 atom stereocenters. The summed E-state index contributed by atoms with van der Waals surface area (Å²) in [6.45, 7) is 0. The van der Waals surface area contributed by atoms with Crippen molar-refractivity contribution in [1.82, 2.24) is 5.32 Å². The molecular weight excluding hydrogens is 370 g/mol. The lowest BCUT2D eigenvalue weighted by molar-refractivity contribution is -0.138. The van der Waals surface area contributed by atoms with E-state index in [1.54, 1.807) is 7.05 Å². The molecular formula is C14H12BrF4NS. The van der Waals surface area contributed by atoms with Crippen LogP contribution in [0.2, 0.25) is 0 Å². The number of rotatable bonds is 4. The summed E-state index contributed by atoms with van der Waals surface area (Å²) in [5.41, 5.74) is -0.888. The second kappa shape index (κ2) is 6.46. The van der Waals surface area contributed by atoms with E-state index in [9.17, 15) is 17.6 Å². The lowest BCUT2D eigenvalue weighted by atomic mass is 9.97. The second-order valence-electron chi connectivity index (χ2n) is 4.47. The average molecular weight is 382 g/mol. The molecule has 1 unspecified atom stereocenters. The molecule has 0 aliphatic heterocycles. The summed E-state index contributed by atoms with van der Waals surface area (Å²) < 4.78 is 53.5. The monoisotopic (exact) mass is 381 g/mol. The zero-order valence-corrected chi connectivity index (χ0v) is 13.4. The summed E-state index contributed by atoms with van der Waals surface area (Å²) in [7, 11) is 1.57. The van der Waals surface area contributed by atoms with Crippen LogP contribution in [-0.2, 0) is 12.6 Å². The van der Waals surface area contributed by atoms with Gasteiger partial charge in [0.2, 0.25) is 0 Å². The SMILES string of the molecule is CNC(Cc1sccc1Br)c1cc(F)ccc1C(F)(F)F. The Bertz CT molecular complexity index is 624. The number of halogens is 5. The number of nitrogens with one attached hydrogen (secondary N) is 1. The van der Waals surface area contributed by atoms with Crippen LogP contribution < -0.4 is 5.32 Å². The smallest absolute Gasteiger partial charge is 0.313 e. The summed E-state index contributed by atoms with van der Waals surface area (Å²) in [4.78, 5) is 0.909. The van der Waals surface area contributed by atoms with Gasteiger partial charge in [0.25, 0.3) is 0 Å². The Morgan fingerprint density at radius 1 is 1.29 bits per heavy atom. The highest BCUT2D eigenvalue weighted by atomic mass is 79.9. The molecule has 1 aromatic heterocycles. The van der Waals surface area contributed by atoms with Crippen LogP contribution in [0.15, 0.2) is 34.1 Å². The van der Waals surface area contributed by atoms with Crippen molar-refractivity contribution in [2.45, 2.75) is 18.6 Å². The van der Waals surface area contributed by atoms with Gasteiger partial charge in [0, 0.05) is 21.8 Å². The van der Waals surface area contributed by atoms with E-state index >= 15 is 0 Å². The van der Waals surface area contributed by atoms with Gasteiger partial charge in [-0.05, 0) is 58.2 Å². The number of benzene rings is 1. The molecule has 0 bridgehead atoms. The molecule has 1 heterocycles. The van der Waals surface area contributed by atoms with E-state index in [1.807, 2.05) is 11.4 Å². The van der Waals surface area contributed by atoms with Crippen LogP contribution in [0.25, 0.3) is 0 Å². The minimum atomic E-state index is -4.51. The fraction of sp³-hybridized carbons (Fsp3) is 0.286. The van der Waals surface area contributed by atoms with E-state index < -0.39 is 23.6 Å². The van der Waals surface area contributed by atoms with E-state index in [1.165, 1.54) is 11.3 Å². The van der Waals surface area contributed by atoms with Gasteiger partial charge in [-0.1, -0.05) is 0 Å². The summed E-state index contributed by atoms with van der Waals surface area (Å²) in [5, 5.41) is 4.69. The highest BCUT2D eigenvalue weighted by molar-refractivity contribution is 9.10. The third kappa shape index (κ3) is 3.84. The number of hydrogen-bond acceptors (Lipinski definition) is 2. The first-order valence-electron chi connectivity index (χ1n) is 6.08. The van der Waals surface area contributed by atoms with E-state index in [0.29, 0.717) is 6.42 Å². The Labute approximate surface area is 132 Å². The maximum absolute atomic E-state index is 13.4. The van der Waals surface area contributed by atoms with E-state index in [0.717, 1.165) is 27.5 Å². The lowest BCUT2D eigenvalue weighted by Gasteiger charge is -2.21. The van der Waals surface area contributed by atoms with Crippen LogP contribution in [0, 0.1) is 5.82 Å². The largest absolute Gasteiger partial charge is 0.416 e. The van der Waals surface area contributed by atoms with Crippen molar-refractivity contribution >= 4 is 27.3 Å². The first-order valence-corrected chi connectivity index (χ1v) is 7.76. The third-order valence-corrected chi connectivity index (χ3v) is 5.07. The van der Waals surface area contributed by atoms with Crippen LogP contribution >= 0.6 is 27.3 Å². The van der Waals surface area contributed by atoms with Crippen molar-refractivity contribution in [1.29, 1.82) is 0 Å². The Morgan fingerprint density at radius 2 is 2.00 bits per heavy atom. The van der Waals surface area contributed by atoms with Gasteiger partial charge < -0.3 is 5.32 Å². The standard InChI is InChI=1S/C14H12BrF4NS/c1-20-12(7-13-11(15)4-5-21-13)9-6-8(16)2-3-10(9)14(17,18)19/h2-6,12,20H,7H2,1H3. The third-order valence-electron chi connectivity index (χ3n) is 3.12. The number of alkyl halides is 3. The molecule has 0 fully saturated rings. The topological polar surface area (TPSA) is 12.0 Å². The predicted molar refractivity (Wildman–Crippen MR) is 78.9 cm³/mol. The molecule has 0 spiro atoms. The van der Waals surface area contributed by atoms with Gasteiger partial charge in [0.05, 0.1) is 5.56 Å². The van der Waals surface area contributed by atoms with Gasteiger partial charge in [-0.2, -0.15) is 13.2 Å². The fourth-order valence-corrected chi connectivity index (χ4v) is 3.66. The molecule has 21 heavy (non-hydrogen) atoms. The minimum Gasteiger partial charge on any atom is -0.313 e. The lowest BCUT2D eigenvalue weighted by Crippen LogP contribution is -2.23. The normalized spacial score (nSPS) is 13.4. The van der Waals surface area contributed by atoms with Crippen molar-refractivity contribution in [2.75, 3.05) is 7.05 Å². The molecule has 1 aromatic carbocycles. The molecule has 7 heteroatoms. The van der Waals surface area contributed by atoms with Crippen LogP contribution in [0.5, 0.6) is 0 Å². The highest BCUT2D eigenvalue weighted by Crippen LogP contribution is 2.37. The van der Waals surface area contributed by atoms with Gasteiger partial charge in [0.1, 0.15) is 5.82 Å². The Morgan fingerprint density at radius 3 is 2.52 bits per heavy atom. The molecule has 1 nitrogen and oxygen atoms in total. The average Bonchev–Trinajstić information content (AvgIpc) is 2.79. The minimum absolute atomic E-state index is 0.0784. The molecule has 0 radical (unpaired) electrons. The van der Waals surface area contributed by atoms with Crippen molar-refractivity contribution in [3.63, 3.8) is 0 Å². The van der Waals surface area contributed by atoms with Gasteiger partial charge >= 0.3 is 6.18 Å². The maximum atomic E-state index is 13.4. The van der Waals surface area contributed by atoms with Crippen molar-refractivity contribution in [3.8, 4) is 0 Å².